The number of hydrogen-bond acceptors (Lipinski definition) is 4. The molecule has 5 heteroatoms. The Morgan fingerprint density at radius 1 is 1.29 bits per heavy atom. The third-order valence-corrected chi connectivity index (χ3v) is 4.77. The van der Waals surface area contributed by atoms with Crippen LogP contribution in [0.1, 0.15) is 24.0 Å². The van der Waals surface area contributed by atoms with Crippen molar-refractivity contribution in [2.45, 2.75) is 31.5 Å². The summed E-state index contributed by atoms with van der Waals surface area (Å²) in [4.78, 5) is 14.3. The van der Waals surface area contributed by atoms with Gasteiger partial charge in [0.25, 0.3) is 5.91 Å². The SMILES string of the molecule is CN(C)Cc1ccccc1CNC(=O)C1(O)CCSCC1. The van der Waals surface area contributed by atoms with Crippen LogP contribution < -0.4 is 5.32 Å². The monoisotopic (exact) mass is 308 g/mol. The zero-order chi connectivity index (χ0) is 15.3. The first kappa shape index (κ1) is 16.3. The van der Waals surface area contributed by atoms with Gasteiger partial charge in [-0.1, -0.05) is 24.3 Å². The van der Waals surface area contributed by atoms with Crippen LogP contribution in [0.25, 0.3) is 0 Å². The molecule has 21 heavy (non-hydrogen) atoms. The smallest absolute Gasteiger partial charge is 0.252 e. The highest BCUT2D eigenvalue weighted by Gasteiger charge is 2.37. The van der Waals surface area contributed by atoms with Crippen LogP contribution in [0.3, 0.4) is 0 Å². The van der Waals surface area contributed by atoms with Gasteiger partial charge in [-0.05, 0) is 49.6 Å². The minimum Gasteiger partial charge on any atom is -0.380 e. The number of nitrogens with one attached hydrogen (secondary N) is 1. The molecule has 0 unspecified atom stereocenters. The Labute approximate surface area is 130 Å². The first-order valence-corrected chi connectivity index (χ1v) is 8.47. The molecule has 1 heterocycles. The molecule has 0 atom stereocenters. The zero-order valence-electron chi connectivity index (χ0n) is 12.8. The molecule has 1 aromatic rings. The second kappa shape index (κ2) is 7.29. The Bertz CT molecular complexity index is 485. The summed E-state index contributed by atoms with van der Waals surface area (Å²) in [5.74, 6) is 1.46. The van der Waals surface area contributed by atoms with Crippen LogP contribution in [0.2, 0.25) is 0 Å². The number of aliphatic hydroxyl groups is 1. The van der Waals surface area contributed by atoms with E-state index in [1.807, 2.05) is 32.3 Å². The van der Waals surface area contributed by atoms with Gasteiger partial charge in [-0.2, -0.15) is 11.8 Å². The Morgan fingerprint density at radius 3 is 2.52 bits per heavy atom. The van der Waals surface area contributed by atoms with E-state index in [1.165, 1.54) is 5.56 Å². The van der Waals surface area contributed by atoms with Crippen LogP contribution in [-0.4, -0.2) is 47.1 Å². The molecule has 0 spiro atoms. The lowest BCUT2D eigenvalue weighted by Crippen LogP contribution is -2.48. The number of amides is 1. The maximum Gasteiger partial charge on any atom is 0.252 e. The van der Waals surface area contributed by atoms with Crippen molar-refractivity contribution >= 4 is 17.7 Å². The molecule has 116 valence electrons. The fourth-order valence-electron chi connectivity index (χ4n) is 2.50. The van der Waals surface area contributed by atoms with Gasteiger partial charge in [-0.25, -0.2) is 0 Å². The van der Waals surface area contributed by atoms with E-state index in [-0.39, 0.29) is 5.91 Å². The van der Waals surface area contributed by atoms with E-state index in [0.29, 0.717) is 19.4 Å². The molecule has 1 aliphatic heterocycles. The molecular weight excluding hydrogens is 284 g/mol. The summed E-state index contributed by atoms with van der Waals surface area (Å²) >= 11 is 1.79. The van der Waals surface area contributed by atoms with Gasteiger partial charge >= 0.3 is 0 Å². The van der Waals surface area contributed by atoms with E-state index in [2.05, 4.69) is 16.3 Å². The molecule has 1 amide bonds. The summed E-state index contributed by atoms with van der Waals surface area (Å²) in [6.45, 7) is 1.31. The molecule has 0 bridgehead atoms. The minimum atomic E-state index is -1.18. The molecule has 1 aliphatic rings. The van der Waals surface area contributed by atoms with Gasteiger partial charge < -0.3 is 15.3 Å². The molecule has 1 fully saturated rings. The summed E-state index contributed by atoms with van der Waals surface area (Å²) in [7, 11) is 4.05. The van der Waals surface area contributed by atoms with Crippen LogP contribution in [0, 0.1) is 0 Å². The Hall–Kier alpha value is -1.04. The van der Waals surface area contributed by atoms with E-state index >= 15 is 0 Å². The van der Waals surface area contributed by atoms with E-state index in [9.17, 15) is 9.90 Å². The number of carbonyl (C=O) groups is 1. The molecule has 0 saturated carbocycles. The van der Waals surface area contributed by atoms with Gasteiger partial charge in [0.15, 0.2) is 0 Å². The molecule has 0 aromatic heterocycles. The van der Waals surface area contributed by atoms with E-state index in [1.54, 1.807) is 11.8 Å². The van der Waals surface area contributed by atoms with Crippen molar-refractivity contribution in [3.8, 4) is 0 Å². The van der Waals surface area contributed by atoms with Gasteiger partial charge in [0.1, 0.15) is 5.60 Å². The van der Waals surface area contributed by atoms with Gasteiger partial charge in [-0.3, -0.25) is 4.79 Å². The molecule has 4 nitrogen and oxygen atoms in total. The summed E-state index contributed by atoms with van der Waals surface area (Å²) in [6.07, 6.45) is 1.09. The normalized spacial score (nSPS) is 17.7. The number of carbonyl (C=O) groups excluding carboxylic acids is 1. The van der Waals surface area contributed by atoms with Crippen molar-refractivity contribution in [2.24, 2.45) is 0 Å². The molecule has 1 aromatic carbocycles. The molecule has 2 N–H and O–H groups in total. The third kappa shape index (κ3) is 4.46. The fourth-order valence-corrected chi connectivity index (χ4v) is 3.67. The van der Waals surface area contributed by atoms with Crippen molar-refractivity contribution < 1.29 is 9.90 Å². The van der Waals surface area contributed by atoms with E-state index in [4.69, 9.17) is 0 Å². The summed E-state index contributed by atoms with van der Waals surface area (Å²) in [6, 6.07) is 8.09. The van der Waals surface area contributed by atoms with Gasteiger partial charge in [0, 0.05) is 13.1 Å². The summed E-state index contributed by atoms with van der Waals surface area (Å²) in [5.41, 5.74) is 1.13. The highest BCUT2D eigenvalue weighted by molar-refractivity contribution is 7.99. The predicted molar refractivity (Wildman–Crippen MR) is 87.2 cm³/mol. The van der Waals surface area contributed by atoms with Crippen LogP contribution in [0.15, 0.2) is 24.3 Å². The van der Waals surface area contributed by atoms with Gasteiger partial charge in [0.2, 0.25) is 0 Å². The summed E-state index contributed by atoms with van der Waals surface area (Å²) in [5, 5.41) is 13.3. The van der Waals surface area contributed by atoms with Gasteiger partial charge in [-0.15, -0.1) is 0 Å². The quantitative estimate of drug-likeness (QED) is 0.868. The lowest BCUT2D eigenvalue weighted by Gasteiger charge is -2.30. The number of nitrogens with zero attached hydrogens (tertiary/aromatic N) is 1. The largest absolute Gasteiger partial charge is 0.380 e. The van der Waals surface area contributed by atoms with E-state index in [0.717, 1.165) is 23.6 Å². The van der Waals surface area contributed by atoms with E-state index < -0.39 is 5.60 Å². The molecular formula is C16H24N2O2S. The molecule has 0 aliphatic carbocycles. The number of thioether (sulfide) groups is 1. The van der Waals surface area contributed by atoms with Crippen LogP contribution in [-0.2, 0) is 17.9 Å². The third-order valence-electron chi connectivity index (χ3n) is 3.79. The zero-order valence-corrected chi connectivity index (χ0v) is 13.6. The first-order chi connectivity index (χ1) is 10.0. The van der Waals surface area contributed by atoms with Crippen molar-refractivity contribution in [1.82, 2.24) is 10.2 Å². The maximum absolute atomic E-state index is 12.2. The maximum atomic E-state index is 12.2. The van der Waals surface area contributed by atoms with Crippen molar-refractivity contribution in [3.63, 3.8) is 0 Å². The Balaban J connectivity index is 1.98. The lowest BCUT2D eigenvalue weighted by molar-refractivity contribution is -0.140. The standard InChI is InChI=1S/C16H24N2O2S/c1-18(2)12-14-6-4-3-5-13(14)11-17-15(19)16(20)7-9-21-10-8-16/h3-6,20H,7-12H2,1-2H3,(H,17,19). The highest BCUT2D eigenvalue weighted by atomic mass is 32.2. The van der Waals surface area contributed by atoms with Crippen molar-refractivity contribution in [2.75, 3.05) is 25.6 Å². The summed E-state index contributed by atoms with van der Waals surface area (Å²) < 4.78 is 0. The second-order valence-corrected chi connectivity index (χ2v) is 7.06. The minimum absolute atomic E-state index is 0.234. The first-order valence-electron chi connectivity index (χ1n) is 7.31. The number of benzene rings is 1. The second-order valence-electron chi connectivity index (χ2n) is 5.83. The number of rotatable bonds is 5. The average molecular weight is 308 g/mol. The predicted octanol–water partition coefficient (Wildman–Crippen LogP) is 1.62. The van der Waals surface area contributed by atoms with Crippen LogP contribution in [0.5, 0.6) is 0 Å². The van der Waals surface area contributed by atoms with Crippen LogP contribution >= 0.6 is 11.8 Å². The molecule has 2 rings (SSSR count). The molecule has 1 saturated heterocycles. The molecule has 0 radical (unpaired) electrons. The van der Waals surface area contributed by atoms with Gasteiger partial charge in [0.05, 0.1) is 0 Å². The topological polar surface area (TPSA) is 52.6 Å². The average Bonchev–Trinajstić information content (AvgIpc) is 2.46. The Morgan fingerprint density at radius 2 is 1.90 bits per heavy atom. The highest BCUT2D eigenvalue weighted by Crippen LogP contribution is 2.27. The fraction of sp³-hybridized carbons (Fsp3) is 0.562. The van der Waals surface area contributed by atoms with Crippen LogP contribution in [0.4, 0.5) is 0 Å². The number of hydrogen-bond donors (Lipinski definition) is 2. The lowest BCUT2D eigenvalue weighted by atomic mass is 9.95. The van der Waals surface area contributed by atoms with Crippen molar-refractivity contribution in [3.05, 3.63) is 35.4 Å². The van der Waals surface area contributed by atoms with Crippen molar-refractivity contribution in [1.29, 1.82) is 0 Å². The Kier molecular flexibility index (Phi) is 5.67.